The predicted octanol–water partition coefficient (Wildman–Crippen LogP) is 1.62. The van der Waals surface area contributed by atoms with Crippen LogP contribution >= 0.6 is 11.3 Å². The Bertz CT molecular complexity index is 385. The molecule has 0 atom stereocenters. The van der Waals surface area contributed by atoms with Gasteiger partial charge in [0.2, 0.25) is 0 Å². The summed E-state index contributed by atoms with van der Waals surface area (Å²) in [5.74, 6) is -0.410. The van der Waals surface area contributed by atoms with Crippen LogP contribution in [0.5, 0.6) is 0 Å². The van der Waals surface area contributed by atoms with Crippen LogP contribution in [0.4, 0.5) is 0 Å². The van der Waals surface area contributed by atoms with E-state index in [4.69, 9.17) is 15.2 Å². The van der Waals surface area contributed by atoms with Crippen molar-refractivity contribution in [2.24, 2.45) is 5.73 Å². The standard InChI is InChI=1S/C12H20N2O3S/c1-12(2,3)17-7-6-16-11(15)9-8-18-10(14-9)4-5-13/h8H,4-7,13H2,1-3H3. The van der Waals surface area contributed by atoms with Gasteiger partial charge in [0.1, 0.15) is 6.61 Å². The van der Waals surface area contributed by atoms with Crippen LogP contribution < -0.4 is 5.73 Å². The van der Waals surface area contributed by atoms with Crippen LogP contribution in [-0.2, 0) is 15.9 Å². The molecular formula is C12H20N2O3S. The van der Waals surface area contributed by atoms with E-state index >= 15 is 0 Å². The maximum Gasteiger partial charge on any atom is 0.357 e. The van der Waals surface area contributed by atoms with Gasteiger partial charge in [0.05, 0.1) is 17.2 Å². The quantitative estimate of drug-likeness (QED) is 0.629. The molecule has 1 aromatic rings. The molecule has 0 aliphatic heterocycles. The van der Waals surface area contributed by atoms with Gasteiger partial charge in [-0.1, -0.05) is 0 Å². The van der Waals surface area contributed by atoms with Gasteiger partial charge in [-0.2, -0.15) is 0 Å². The Morgan fingerprint density at radius 3 is 2.78 bits per heavy atom. The first kappa shape index (κ1) is 15.1. The SMILES string of the molecule is CC(C)(C)OCCOC(=O)c1csc(CCN)n1. The summed E-state index contributed by atoms with van der Waals surface area (Å²) in [6.07, 6.45) is 0.686. The lowest BCUT2D eigenvalue weighted by molar-refractivity contribution is -0.0282. The van der Waals surface area contributed by atoms with E-state index < -0.39 is 5.97 Å². The van der Waals surface area contributed by atoms with Crippen molar-refractivity contribution in [1.82, 2.24) is 4.98 Å². The van der Waals surface area contributed by atoms with Crippen LogP contribution in [0.2, 0.25) is 0 Å². The second-order valence-corrected chi connectivity index (χ2v) is 5.70. The molecule has 18 heavy (non-hydrogen) atoms. The van der Waals surface area contributed by atoms with Crippen LogP contribution in [0, 0.1) is 0 Å². The van der Waals surface area contributed by atoms with Gasteiger partial charge in [-0.25, -0.2) is 9.78 Å². The number of thiazole rings is 1. The van der Waals surface area contributed by atoms with Crippen LogP contribution in [0.25, 0.3) is 0 Å². The highest BCUT2D eigenvalue weighted by Crippen LogP contribution is 2.11. The van der Waals surface area contributed by atoms with Crippen molar-refractivity contribution < 1.29 is 14.3 Å². The highest BCUT2D eigenvalue weighted by Gasteiger charge is 2.13. The van der Waals surface area contributed by atoms with Crippen molar-refractivity contribution >= 4 is 17.3 Å². The number of aromatic nitrogens is 1. The van der Waals surface area contributed by atoms with Gasteiger partial charge in [-0.15, -0.1) is 11.3 Å². The van der Waals surface area contributed by atoms with Gasteiger partial charge < -0.3 is 15.2 Å². The van der Waals surface area contributed by atoms with E-state index in [1.54, 1.807) is 5.38 Å². The highest BCUT2D eigenvalue weighted by atomic mass is 32.1. The van der Waals surface area contributed by atoms with E-state index in [1.165, 1.54) is 11.3 Å². The van der Waals surface area contributed by atoms with E-state index in [1.807, 2.05) is 20.8 Å². The fraction of sp³-hybridized carbons (Fsp3) is 0.667. The molecule has 0 amide bonds. The molecular weight excluding hydrogens is 252 g/mol. The normalized spacial score (nSPS) is 11.6. The molecule has 0 unspecified atom stereocenters. The van der Waals surface area contributed by atoms with E-state index in [0.717, 1.165) is 5.01 Å². The van der Waals surface area contributed by atoms with Gasteiger partial charge in [-0.05, 0) is 27.3 Å². The Balaban J connectivity index is 2.31. The van der Waals surface area contributed by atoms with Gasteiger partial charge in [0, 0.05) is 11.8 Å². The Kier molecular flexibility index (Phi) is 5.71. The fourth-order valence-corrected chi connectivity index (χ4v) is 1.98. The third kappa shape index (κ3) is 5.57. The molecule has 0 fully saturated rings. The molecule has 6 heteroatoms. The summed E-state index contributed by atoms with van der Waals surface area (Å²) in [5, 5.41) is 2.55. The zero-order chi connectivity index (χ0) is 13.6. The molecule has 0 bridgehead atoms. The van der Waals surface area contributed by atoms with Crippen LogP contribution in [0.3, 0.4) is 0 Å². The molecule has 1 heterocycles. The summed E-state index contributed by atoms with van der Waals surface area (Å²) in [6, 6.07) is 0. The van der Waals surface area contributed by atoms with E-state index in [2.05, 4.69) is 4.98 Å². The fourth-order valence-electron chi connectivity index (χ4n) is 1.20. The summed E-state index contributed by atoms with van der Waals surface area (Å²) >= 11 is 1.42. The van der Waals surface area contributed by atoms with E-state index in [9.17, 15) is 4.79 Å². The molecule has 0 aliphatic rings. The number of rotatable bonds is 6. The van der Waals surface area contributed by atoms with Crippen molar-refractivity contribution in [3.8, 4) is 0 Å². The number of carbonyl (C=O) groups is 1. The number of carbonyl (C=O) groups excluding carboxylic acids is 1. The molecule has 102 valence electrons. The molecule has 2 N–H and O–H groups in total. The predicted molar refractivity (Wildman–Crippen MR) is 70.9 cm³/mol. The van der Waals surface area contributed by atoms with Crippen LogP contribution in [-0.4, -0.2) is 36.3 Å². The minimum atomic E-state index is -0.410. The molecule has 0 aliphatic carbocycles. The van der Waals surface area contributed by atoms with Crippen molar-refractivity contribution in [2.45, 2.75) is 32.8 Å². The van der Waals surface area contributed by atoms with E-state index in [0.29, 0.717) is 25.3 Å². The zero-order valence-corrected chi connectivity index (χ0v) is 11.9. The van der Waals surface area contributed by atoms with Gasteiger partial charge >= 0.3 is 5.97 Å². The first-order chi connectivity index (χ1) is 8.42. The maximum absolute atomic E-state index is 11.6. The minimum Gasteiger partial charge on any atom is -0.458 e. The first-order valence-electron chi connectivity index (χ1n) is 5.88. The third-order valence-electron chi connectivity index (χ3n) is 1.97. The molecule has 1 rings (SSSR count). The van der Waals surface area contributed by atoms with Gasteiger partial charge in [-0.3, -0.25) is 0 Å². The summed E-state index contributed by atoms with van der Waals surface area (Å²) in [6.45, 7) is 7.01. The van der Waals surface area contributed by atoms with Crippen molar-refractivity contribution in [3.05, 3.63) is 16.1 Å². The molecule has 0 saturated carbocycles. The Hall–Kier alpha value is -0.980. The average molecular weight is 272 g/mol. The zero-order valence-electron chi connectivity index (χ0n) is 11.1. The smallest absolute Gasteiger partial charge is 0.357 e. The van der Waals surface area contributed by atoms with Gasteiger partial charge in [0.25, 0.3) is 0 Å². The van der Waals surface area contributed by atoms with Gasteiger partial charge in [0.15, 0.2) is 5.69 Å². The van der Waals surface area contributed by atoms with Crippen molar-refractivity contribution in [1.29, 1.82) is 0 Å². The average Bonchev–Trinajstić information content (AvgIpc) is 2.72. The third-order valence-corrected chi connectivity index (χ3v) is 2.88. The highest BCUT2D eigenvalue weighted by molar-refractivity contribution is 7.09. The lowest BCUT2D eigenvalue weighted by Crippen LogP contribution is -2.22. The number of hydrogen-bond acceptors (Lipinski definition) is 6. The van der Waals surface area contributed by atoms with Crippen molar-refractivity contribution in [3.63, 3.8) is 0 Å². The monoisotopic (exact) mass is 272 g/mol. The summed E-state index contributed by atoms with van der Waals surface area (Å²) < 4.78 is 10.5. The molecule has 1 aromatic heterocycles. The Morgan fingerprint density at radius 1 is 1.44 bits per heavy atom. The first-order valence-corrected chi connectivity index (χ1v) is 6.76. The molecule has 5 nitrogen and oxygen atoms in total. The molecule has 0 saturated heterocycles. The second-order valence-electron chi connectivity index (χ2n) is 4.76. The minimum absolute atomic E-state index is 0.221. The maximum atomic E-state index is 11.6. The lowest BCUT2D eigenvalue weighted by atomic mass is 10.2. The molecule has 0 aromatic carbocycles. The number of nitrogens with zero attached hydrogens (tertiary/aromatic N) is 1. The summed E-state index contributed by atoms with van der Waals surface area (Å²) in [4.78, 5) is 15.8. The number of esters is 1. The Labute approximate surface area is 111 Å². The molecule has 0 radical (unpaired) electrons. The van der Waals surface area contributed by atoms with Crippen molar-refractivity contribution in [2.75, 3.05) is 19.8 Å². The van der Waals surface area contributed by atoms with Crippen LogP contribution in [0.1, 0.15) is 36.3 Å². The second kappa shape index (κ2) is 6.82. The lowest BCUT2D eigenvalue weighted by Gasteiger charge is -2.19. The number of ether oxygens (including phenoxy) is 2. The summed E-state index contributed by atoms with van der Waals surface area (Å²) in [5.41, 5.74) is 5.54. The Morgan fingerprint density at radius 2 is 2.17 bits per heavy atom. The number of nitrogens with two attached hydrogens (primary N) is 1. The van der Waals surface area contributed by atoms with Crippen LogP contribution in [0.15, 0.2) is 5.38 Å². The summed E-state index contributed by atoms with van der Waals surface area (Å²) in [7, 11) is 0. The van der Waals surface area contributed by atoms with E-state index in [-0.39, 0.29) is 12.2 Å². The topological polar surface area (TPSA) is 74.4 Å². The molecule has 0 spiro atoms. The largest absolute Gasteiger partial charge is 0.458 e. The number of hydrogen-bond donors (Lipinski definition) is 1.